The van der Waals surface area contributed by atoms with Crippen LogP contribution in [-0.4, -0.2) is 4.83 Å². The van der Waals surface area contributed by atoms with Crippen LogP contribution < -0.4 is 0 Å². The molecule has 0 nitrogen and oxygen atoms in total. The molecule has 0 fully saturated rings. The SMILES string of the molecule is [CH2]C=C(F)C(F)(F)Br. The fourth-order valence-corrected chi connectivity index (χ4v) is 0.278. The maximum absolute atomic E-state index is 11.6. The monoisotopic (exact) mass is 187 g/mol. The second-order valence-corrected chi connectivity index (χ2v) is 2.05. The summed E-state index contributed by atoms with van der Waals surface area (Å²) >= 11 is 1.79. The second kappa shape index (κ2) is 2.53. The Balaban J connectivity index is 4.03. The molecule has 0 bridgehead atoms. The summed E-state index contributed by atoms with van der Waals surface area (Å²) in [5, 5.41) is 0. The predicted octanol–water partition coefficient (Wildman–Crippen LogP) is 2.66. The number of allylic oxidation sites excluding steroid dienone is 2. The molecular formula is C4H3BrF3. The molecule has 0 atom stereocenters. The van der Waals surface area contributed by atoms with Gasteiger partial charge in [-0.05, 0) is 28.9 Å². The number of rotatable bonds is 1. The fraction of sp³-hybridized carbons (Fsp3) is 0.250. The van der Waals surface area contributed by atoms with Gasteiger partial charge in [-0.3, -0.25) is 0 Å². The highest BCUT2D eigenvalue weighted by molar-refractivity contribution is 9.10. The molecule has 0 N–H and O–H groups in total. The van der Waals surface area contributed by atoms with Crippen molar-refractivity contribution in [3.8, 4) is 0 Å². The average molecular weight is 188 g/mol. The van der Waals surface area contributed by atoms with E-state index in [-0.39, 0.29) is 0 Å². The van der Waals surface area contributed by atoms with Gasteiger partial charge in [0.1, 0.15) is 0 Å². The maximum atomic E-state index is 11.6. The molecule has 0 spiro atoms. The van der Waals surface area contributed by atoms with Crippen molar-refractivity contribution in [1.82, 2.24) is 0 Å². The third-order valence-electron chi connectivity index (χ3n) is 0.450. The van der Waals surface area contributed by atoms with Gasteiger partial charge >= 0.3 is 4.83 Å². The quantitative estimate of drug-likeness (QED) is 0.554. The zero-order chi connectivity index (χ0) is 6.78. The molecule has 0 saturated carbocycles. The van der Waals surface area contributed by atoms with Gasteiger partial charge in [-0.15, -0.1) is 0 Å². The first-order valence-electron chi connectivity index (χ1n) is 1.70. The Kier molecular flexibility index (Phi) is 2.53. The minimum atomic E-state index is -3.55. The van der Waals surface area contributed by atoms with Gasteiger partial charge in [0.2, 0.25) is 0 Å². The van der Waals surface area contributed by atoms with Crippen molar-refractivity contribution in [2.24, 2.45) is 0 Å². The summed E-state index contributed by atoms with van der Waals surface area (Å²) in [6.07, 6.45) is 0.453. The molecule has 0 amide bonds. The van der Waals surface area contributed by atoms with Gasteiger partial charge in [0.15, 0.2) is 5.83 Å². The third-order valence-corrected chi connectivity index (χ3v) is 0.829. The zero-order valence-corrected chi connectivity index (χ0v) is 5.38. The van der Waals surface area contributed by atoms with E-state index in [0.717, 1.165) is 0 Å². The van der Waals surface area contributed by atoms with Crippen molar-refractivity contribution in [2.75, 3.05) is 0 Å². The van der Waals surface area contributed by atoms with Crippen molar-refractivity contribution in [2.45, 2.75) is 4.83 Å². The molecule has 0 saturated heterocycles. The third kappa shape index (κ3) is 2.35. The summed E-state index contributed by atoms with van der Waals surface area (Å²) in [5.74, 6) is -1.57. The molecule has 0 rings (SSSR count). The van der Waals surface area contributed by atoms with Crippen LogP contribution in [0.4, 0.5) is 13.2 Å². The van der Waals surface area contributed by atoms with Crippen LogP contribution in [0.1, 0.15) is 0 Å². The highest BCUT2D eigenvalue weighted by Gasteiger charge is 2.29. The van der Waals surface area contributed by atoms with Crippen LogP contribution in [0.25, 0.3) is 0 Å². The Bertz CT molecular complexity index is 102. The van der Waals surface area contributed by atoms with E-state index in [4.69, 9.17) is 0 Å². The number of hydrogen-bond acceptors (Lipinski definition) is 0. The van der Waals surface area contributed by atoms with Crippen LogP contribution in [0.5, 0.6) is 0 Å². The molecule has 4 heteroatoms. The average Bonchev–Trinajstić information content (AvgIpc) is 1.62. The molecule has 47 valence electrons. The van der Waals surface area contributed by atoms with Gasteiger partial charge in [0.25, 0.3) is 0 Å². The van der Waals surface area contributed by atoms with Crippen molar-refractivity contribution in [3.63, 3.8) is 0 Å². The topological polar surface area (TPSA) is 0 Å². The van der Waals surface area contributed by atoms with Crippen LogP contribution in [0, 0.1) is 6.92 Å². The molecule has 0 aliphatic carbocycles. The van der Waals surface area contributed by atoms with Crippen molar-refractivity contribution >= 4 is 15.9 Å². The largest absolute Gasteiger partial charge is 0.351 e. The highest BCUT2D eigenvalue weighted by Crippen LogP contribution is 2.31. The standard InChI is InChI=1S/C4H3BrF3/c1-2-3(6)4(5,7)8/h2H,1H2. The Labute approximate surface area is 53.5 Å². The van der Waals surface area contributed by atoms with Crippen LogP contribution in [0.3, 0.4) is 0 Å². The van der Waals surface area contributed by atoms with E-state index < -0.39 is 10.7 Å². The van der Waals surface area contributed by atoms with Crippen LogP contribution in [0.15, 0.2) is 11.9 Å². The van der Waals surface area contributed by atoms with E-state index in [2.05, 4.69) is 6.92 Å². The summed E-state index contributed by atoms with van der Waals surface area (Å²) < 4.78 is 34.7. The normalized spacial score (nSPS) is 14.4. The van der Waals surface area contributed by atoms with E-state index >= 15 is 0 Å². The summed E-state index contributed by atoms with van der Waals surface area (Å²) in [4.78, 5) is -3.55. The lowest BCUT2D eigenvalue weighted by Gasteiger charge is -2.01. The Morgan fingerprint density at radius 1 is 1.62 bits per heavy atom. The fourth-order valence-electron chi connectivity index (χ4n) is 0.116. The minimum absolute atomic E-state index is 0.453. The molecule has 1 radical (unpaired) electrons. The van der Waals surface area contributed by atoms with Crippen LogP contribution in [-0.2, 0) is 0 Å². The van der Waals surface area contributed by atoms with Crippen LogP contribution in [0.2, 0.25) is 0 Å². The van der Waals surface area contributed by atoms with Gasteiger partial charge in [-0.1, -0.05) is 0 Å². The summed E-state index contributed by atoms with van der Waals surface area (Å²) in [6, 6.07) is 0. The minimum Gasteiger partial charge on any atom is -0.204 e. The first-order valence-corrected chi connectivity index (χ1v) is 2.50. The van der Waals surface area contributed by atoms with Crippen LogP contribution >= 0.6 is 15.9 Å². The lowest BCUT2D eigenvalue weighted by molar-refractivity contribution is 0.127. The van der Waals surface area contributed by atoms with Gasteiger partial charge in [-0.2, -0.15) is 8.78 Å². The molecule has 0 aromatic carbocycles. The van der Waals surface area contributed by atoms with Crippen molar-refractivity contribution < 1.29 is 13.2 Å². The van der Waals surface area contributed by atoms with E-state index in [1.54, 1.807) is 15.9 Å². The maximum Gasteiger partial charge on any atom is 0.351 e. The molecule has 0 aliphatic rings. The van der Waals surface area contributed by atoms with Gasteiger partial charge in [0.05, 0.1) is 0 Å². The Hall–Kier alpha value is 0.01000. The Morgan fingerprint density at radius 2 is 2.00 bits per heavy atom. The van der Waals surface area contributed by atoms with E-state index in [1.807, 2.05) is 0 Å². The van der Waals surface area contributed by atoms with Gasteiger partial charge < -0.3 is 0 Å². The highest BCUT2D eigenvalue weighted by atomic mass is 79.9. The molecule has 0 unspecified atom stereocenters. The Morgan fingerprint density at radius 3 is 2.00 bits per heavy atom. The van der Waals surface area contributed by atoms with E-state index in [0.29, 0.717) is 6.08 Å². The summed E-state index contributed by atoms with van der Waals surface area (Å²) in [6.45, 7) is 2.81. The van der Waals surface area contributed by atoms with E-state index in [9.17, 15) is 13.2 Å². The number of halogens is 4. The molecule has 0 aliphatic heterocycles. The zero-order valence-electron chi connectivity index (χ0n) is 3.80. The number of alkyl halides is 3. The predicted molar refractivity (Wildman–Crippen MR) is 28.4 cm³/mol. The smallest absolute Gasteiger partial charge is 0.204 e. The number of hydrogen-bond donors (Lipinski definition) is 0. The molecular weight excluding hydrogens is 185 g/mol. The second-order valence-electron chi connectivity index (χ2n) is 1.05. The van der Waals surface area contributed by atoms with Gasteiger partial charge in [-0.25, -0.2) is 4.39 Å². The van der Waals surface area contributed by atoms with Gasteiger partial charge in [0, 0.05) is 0 Å². The lowest BCUT2D eigenvalue weighted by atomic mass is 10.5. The van der Waals surface area contributed by atoms with Crippen molar-refractivity contribution in [3.05, 3.63) is 18.8 Å². The molecule has 0 aromatic heterocycles. The molecule has 0 heterocycles. The summed E-state index contributed by atoms with van der Waals surface area (Å²) in [5.41, 5.74) is 0. The van der Waals surface area contributed by atoms with Crippen molar-refractivity contribution in [1.29, 1.82) is 0 Å². The molecule has 0 aromatic rings. The van der Waals surface area contributed by atoms with E-state index in [1.165, 1.54) is 0 Å². The molecule has 8 heavy (non-hydrogen) atoms. The first kappa shape index (κ1) is 8.01. The summed E-state index contributed by atoms with van der Waals surface area (Å²) in [7, 11) is 0. The first-order chi connectivity index (χ1) is 3.48. The lowest BCUT2D eigenvalue weighted by Crippen LogP contribution is -2.03.